The van der Waals surface area contributed by atoms with Gasteiger partial charge < -0.3 is 14.9 Å². The zero-order valence-corrected chi connectivity index (χ0v) is 12.7. The maximum Gasteiger partial charge on any atom is 0.335 e. The lowest BCUT2D eigenvalue weighted by Crippen LogP contribution is -2.34. The van der Waals surface area contributed by atoms with Crippen LogP contribution in [0, 0.1) is 0 Å². The van der Waals surface area contributed by atoms with Crippen LogP contribution in [-0.4, -0.2) is 59.3 Å². The minimum absolute atomic E-state index is 0.149. The van der Waals surface area contributed by atoms with Crippen LogP contribution < -0.4 is 0 Å². The Morgan fingerprint density at radius 3 is 2.27 bits per heavy atom. The number of carbonyl (C=O) groups is 3. The molecule has 0 spiro atoms. The number of fused-ring (bicyclic) bond motifs is 2. The summed E-state index contributed by atoms with van der Waals surface area (Å²) in [4.78, 5) is 33.0. The number of carboxylic acids is 2. The molecule has 122 valence electrons. The van der Waals surface area contributed by atoms with Crippen molar-refractivity contribution in [1.82, 2.24) is 4.90 Å². The van der Waals surface area contributed by atoms with E-state index in [9.17, 15) is 14.4 Å². The Hall–Kier alpha value is -2.15. The number of hydrogen-bond donors (Lipinski definition) is 2. The minimum atomic E-state index is -1.26. The fourth-order valence-corrected chi connectivity index (χ4v) is 2.78. The number of aliphatic carboxylic acids is 2. The first kappa shape index (κ1) is 17.9. The number of esters is 1. The second-order valence-electron chi connectivity index (χ2n) is 5.15. The lowest BCUT2D eigenvalue weighted by molar-refractivity contribution is -0.137. The van der Waals surface area contributed by atoms with Crippen molar-refractivity contribution in [1.29, 1.82) is 0 Å². The molecule has 0 aromatic rings. The lowest BCUT2D eigenvalue weighted by atomic mass is 10.00. The summed E-state index contributed by atoms with van der Waals surface area (Å²) in [5, 5.41) is 15.6. The number of ether oxygens (including phenoxy) is 1. The predicted octanol–water partition coefficient (Wildman–Crippen LogP) is 1.05. The number of carbonyl (C=O) groups excluding carboxylic acids is 1. The first-order valence-electron chi connectivity index (χ1n) is 7.01. The molecule has 22 heavy (non-hydrogen) atoms. The highest BCUT2D eigenvalue weighted by molar-refractivity contribution is 5.90. The summed E-state index contributed by atoms with van der Waals surface area (Å²) in [6.07, 6.45) is 7.68. The highest BCUT2D eigenvalue weighted by Crippen LogP contribution is 2.33. The van der Waals surface area contributed by atoms with Gasteiger partial charge in [-0.1, -0.05) is 6.08 Å². The Balaban J connectivity index is 0.000000261. The molecule has 0 amide bonds. The quantitative estimate of drug-likeness (QED) is 0.593. The lowest BCUT2D eigenvalue weighted by Gasteiger charge is -2.23. The zero-order chi connectivity index (χ0) is 16.7. The van der Waals surface area contributed by atoms with Gasteiger partial charge in [-0.15, -0.1) is 0 Å². The van der Waals surface area contributed by atoms with Crippen molar-refractivity contribution < 1.29 is 29.3 Å². The molecule has 0 aromatic heterocycles. The Labute approximate surface area is 128 Å². The van der Waals surface area contributed by atoms with E-state index in [1.807, 2.05) is 0 Å². The van der Waals surface area contributed by atoms with Crippen LogP contribution in [0.4, 0.5) is 0 Å². The number of nitrogens with zero attached hydrogens (tertiary/aromatic N) is 1. The fourth-order valence-electron chi connectivity index (χ4n) is 2.78. The van der Waals surface area contributed by atoms with Crippen LogP contribution >= 0.6 is 0 Å². The fraction of sp³-hybridized carbons (Fsp3) is 0.533. The summed E-state index contributed by atoms with van der Waals surface area (Å²) in [5.41, 5.74) is 0.870. The molecular formula is C15H21NO6. The third-order valence-corrected chi connectivity index (χ3v) is 3.85. The van der Waals surface area contributed by atoms with Gasteiger partial charge in [0.15, 0.2) is 0 Å². The SMILES string of the molecule is COC(=O)C1=CCCC2CC[C@H]1N2C.O=C(O)/C=C/C(=O)O. The van der Waals surface area contributed by atoms with E-state index in [0.29, 0.717) is 24.2 Å². The predicted molar refractivity (Wildman–Crippen MR) is 78.3 cm³/mol. The van der Waals surface area contributed by atoms with Gasteiger partial charge in [-0.05, 0) is 32.7 Å². The van der Waals surface area contributed by atoms with Crippen LogP contribution in [0.25, 0.3) is 0 Å². The summed E-state index contributed by atoms with van der Waals surface area (Å²) in [7, 11) is 3.57. The second-order valence-corrected chi connectivity index (χ2v) is 5.15. The smallest absolute Gasteiger partial charge is 0.335 e. The van der Waals surface area contributed by atoms with E-state index in [0.717, 1.165) is 18.4 Å². The monoisotopic (exact) mass is 311 g/mol. The molecule has 1 saturated heterocycles. The van der Waals surface area contributed by atoms with Crippen molar-refractivity contribution in [2.24, 2.45) is 0 Å². The third-order valence-electron chi connectivity index (χ3n) is 3.85. The molecular weight excluding hydrogens is 290 g/mol. The average Bonchev–Trinajstić information content (AvgIpc) is 2.71. The molecule has 2 bridgehead atoms. The Morgan fingerprint density at radius 1 is 1.18 bits per heavy atom. The van der Waals surface area contributed by atoms with Gasteiger partial charge in [-0.3, -0.25) is 4.90 Å². The maximum absolute atomic E-state index is 11.5. The van der Waals surface area contributed by atoms with E-state index in [1.54, 1.807) is 0 Å². The molecule has 2 atom stereocenters. The van der Waals surface area contributed by atoms with Gasteiger partial charge in [0.1, 0.15) is 0 Å². The van der Waals surface area contributed by atoms with Gasteiger partial charge in [0.05, 0.1) is 12.7 Å². The van der Waals surface area contributed by atoms with Crippen molar-refractivity contribution in [2.75, 3.05) is 14.2 Å². The molecule has 0 aliphatic carbocycles. The molecule has 0 saturated carbocycles. The highest BCUT2D eigenvalue weighted by Gasteiger charge is 2.36. The van der Waals surface area contributed by atoms with Crippen molar-refractivity contribution in [3.05, 3.63) is 23.8 Å². The average molecular weight is 311 g/mol. The molecule has 1 unspecified atom stereocenters. The van der Waals surface area contributed by atoms with Gasteiger partial charge in [0.2, 0.25) is 0 Å². The highest BCUT2D eigenvalue weighted by atomic mass is 16.5. The van der Waals surface area contributed by atoms with Crippen LogP contribution in [0.15, 0.2) is 23.8 Å². The summed E-state index contributed by atoms with van der Waals surface area (Å²) < 4.78 is 4.81. The standard InChI is InChI=1S/C11H17NO2.C4H4O4/c1-12-8-4-3-5-9(11(13)14-2)10(12)7-6-8;5-3(6)1-2-4(7)8/h5,8,10H,3-4,6-7H2,1-2H3;1-2H,(H,5,6)(H,7,8)/b;2-1+/t8?,10-;/m1./s1. The molecule has 2 heterocycles. The van der Waals surface area contributed by atoms with Crippen molar-refractivity contribution >= 4 is 17.9 Å². The number of allylic oxidation sites excluding steroid dienone is 1. The van der Waals surface area contributed by atoms with Crippen LogP contribution in [0.2, 0.25) is 0 Å². The molecule has 1 fully saturated rings. The normalized spacial score (nSPS) is 24.0. The number of hydrogen-bond acceptors (Lipinski definition) is 5. The van der Waals surface area contributed by atoms with E-state index in [1.165, 1.54) is 20.0 Å². The van der Waals surface area contributed by atoms with Crippen LogP contribution in [0.3, 0.4) is 0 Å². The molecule has 0 radical (unpaired) electrons. The topological polar surface area (TPSA) is 104 Å². The van der Waals surface area contributed by atoms with Gasteiger partial charge in [0.25, 0.3) is 0 Å². The van der Waals surface area contributed by atoms with E-state index < -0.39 is 11.9 Å². The summed E-state index contributed by atoms with van der Waals surface area (Å²) >= 11 is 0. The van der Waals surface area contributed by atoms with Crippen LogP contribution in [0.1, 0.15) is 25.7 Å². The maximum atomic E-state index is 11.5. The van der Waals surface area contributed by atoms with Crippen molar-refractivity contribution in [3.63, 3.8) is 0 Å². The molecule has 7 nitrogen and oxygen atoms in total. The summed E-state index contributed by atoms with van der Waals surface area (Å²) in [6, 6.07) is 0.966. The Kier molecular flexibility index (Phi) is 6.78. The molecule has 2 rings (SSSR count). The zero-order valence-electron chi connectivity index (χ0n) is 12.7. The van der Waals surface area contributed by atoms with E-state index in [-0.39, 0.29) is 5.97 Å². The Bertz CT molecular complexity index is 480. The minimum Gasteiger partial charge on any atom is -0.478 e. The van der Waals surface area contributed by atoms with E-state index >= 15 is 0 Å². The molecule has 2 N–H and O–H groups in total. The summed E-state index contributed by atoms with van der Waals surface area (Å²) in [6.45, 7) is 0. The molecule has 2 aliphatic heterocycles. The van der Waals surface area contributed by atoms with Gasteiger partial charge in [-0.25, -0.2) is 14.4 Å². The Morgan fingerprint density at radius 2 is 1.77 bits per heavy atom. The molecule has 2 aliphatic rings. The number of methoxy groups -OCH3 is 1. The molecule has 0 aromatic carbocycles. The van der Waals surface area contributed by atoms with Crippen LogP contribution in [0.5, 0.6) is 0 Å². The number of carboxylic acid groups (broad SMARTS) is 2. The van der Waals surface area contributed by atoms with Gasteiger partial charge in [0, 0.05) is 24.2 Å². The first-order chi connectivity index (χ1) is 10.4. The van der Waals surface area contributed by atoms with E-state index in [2.05, 4.69) is 18.0 Å². The largest absolute Gasteiger partial charge is 0.478 e. The van der Waals surface area contributed by atoms with Crippen molar-refractivity contribution in [2.45, 2.75) is 37.8 Å². The van der Waals surface area contributed by atoms with Crippen LogP contribution in [-0.2, 0) is 19.1 Å². The van der Waals surface area contributed by atoms with Gasteiger partial charge in [-0.2, -0.15) is 0 Å². The number of likely N-dealkylation sites (N-methyl/N-ethyl adjacent to an activating group) is 1. The van der Waals surface area contributed by atoms with Crippen molar-refractivity contribution in [3.8, 4) is 0 Å². The number of rotatable bonds is 3. The first-order valence-corrected chi connectivity index (χ1v) is 7.01. The van der Waals surface area contributed by atoms with E-state index in [4.69, 9.17) is 14.9 Å². The summed E-state index contributed by atoms with van der Waals surface area (Å²) in [5.74, 6) is -2.66. The molecule has 7 heteroatoms. The third kappa shape index (κ3) is 5.00. The second kappa shape index (κ2) is 8.33. The van der Waals surface area contributed by atoms with Gasteiger partial charge >= 0.3 is 17.9 Å².